The van der Waals surface area contributed by atoms with Gasteiger partial charge in [0, 0.05) is 43.4 Å². The average molecular weight is 444 g/mol. The maximum absolute atomic E-state index is 5.57. The maximum atomic E-state index is 5.57. The second-order valence-corrected chi connectivity index (χ2v) is 10.3. The van der Waals surface area contributed by atoms with Crippen LogP contribution in [0.5, 0.6) is 0 Å². The molecule has 3 aliphatic rings. The highest BCUT2D eigenvalue weighted by molar-refractivity contribution is 6.03. The van der Waals surface area contributed by atoms with E-state index in [4.69, 9.17) is 4.74 Å². The molecular formula is C30H39N2O+. The number of allylic oxidation sites excluding steroid dienone is 1. The van der Waals surface area contributed by atoms with Crippen LogP contribution in [0.1, 0.15) is 56.6 Å². The Hall–Kier alpha value is -2.39. The third-order valence-corrected chi connectivity index (χ3v) is 8.00. The Labute approximate surface area is 199 Å². The predicted molar refractivity (Wildman–Crippen MR) is 136 cm³/mol. The molecule has 0 radical (unpaired) electrons. The van der Waals surface area contributed by atoms with Crippen molar-refractivity contribution in [2.45, 2.75) is 57.3 Å². The number of nitrogens with zero attached hydrogens (tertiary/aromatic N) is 2. The molecule has 0 amide bonds. The van der Waals surface area contributed by atoms with Crippen molar-refractivity contribution in [3.05, 3.63) is 78.0 Å². The van der Waals surface area contributed by atoms with Gasteiger partial charge in [0.25, 0.3) is 0 Å². The molecule has 2 aromatic rings. The van der Waals surface area contributed by atoms with Crippen molar-refractivity contribution in [3.8, 4) is 0 Å². The first-order valence-corrected chi connectivity index (χ1v) is 13.0. The van der Waals surface area contributed by atoms with Crippen LogP contribution in [0.4, 0.5) is 5.69 Å². The van der Waals surface area contributed by atoms with E-state index in [0.717, 1.165) is 45.2 Å². The number of hydrogen-bond acceptors (Lipinski definition) is 2. The third kappa shape index (κ3) is 4.94. The fraction of sp³-hybridized carbons (Fsp3) is 0.500. The lowest BCUT2D eigenvalue weighted by molar-refractivity contribution is -0.438. The van der Waals surface area contributed by atoms with E-state index >= 15 is 0 Å². The summed E-state index contributed by atoms with van der Waals surface area (Å²) in [7, 11) is 0. The molecule has 1 aliphatic carbocycles. The monoisotopic (exact) mass is 443 g/mol. The first kappa shape index (κ1) is 22.4. The molecule has 1 unspecified atom stereocenters. The van der Waals surface area contributed by atoms with Crippen molar-refractivity contribution >= 4 is 11.4 Å². The molecule has 33 heavy (non-hydrogen) atoms. The lowest BCUT2D eigenvalue weighted by Crippen LogP contribution is -2.36. The molecule has 0 aromatic heterocycles. The van der Waals surface area contributed by atoms with Gasteiger partial charge in [-0.3, -0.25) is 0 Å². The fourth-order valence-corrected chi connectivity index (χ4v) is 6.19. The summed E-state index contributed by atoms with van der Waals surface area (Å²) in [5, 5.41) is 0. The van der Waals surface area contributed by atoms with Crippen LogP contribution in [0, 0.1) is 5.92 Å². The van der Waals surface area contributed by atoms with E-state index in [2.05, 4.69) is 83.3 Å². The molecule has 2 aromatic carbocycles. The van der Waals surface area contributed by atoms with Crippen LogP contribution in [-0.4, -0.2) is 48.0 Å². The van der Waals surface area contributed by atoms with E-state index in [1.807, 2.05) is 0 Å². The number of morpholine rings is 1. The fourth-order valence-electron chi connectivity index (χ4n) is 6.19. The lowest BCUT2D eigenvalue weighted by atomic mass is 9.74. The van der Waals surface area contributed by atoms with Crippen molar-refractivity contribution < 1.29 is 9.31 Å². The van der Waals surface area contributed by atoms with E-state index in [1.54, 1.807) is 0 Å². The van der Waals surface area contributed by atoms with Gasteiger partial charge in [-0.2, -0.15) is 4.58 Å². The van der Waals surface area contributed by atoms with Gasteiger partial charge in [-0.05, 0) is 31.2 Å². The van der Waals surface area contributed by atoms with Crippen molar-refractivity contribution in [1.82, 2.24) is 4.90 Å². The molecule has 1 saturated carbocycles. The molecule has 5 rings (SSSR count). The first-order valence-electron chi connectivity index (χ1n) is 13.0. The Kier molecular flexibility index (Phi) is 6.96. The summed E-state index contributed by atoms with van der Waals surface area (Å²) in [6.07, 6.45) is 14.2. The highest BCUT2D eigenvalue weighted by Crippen LogP contribution is 2.42. The van der Waals surface area contributed by atoms with Crippen molar-refractivity contribution in [2.24, 2.45) is 5.92 Å². The Morgan fingerprint density at radius 1 is 1.00 bits per heavy atom. The quantitative estimate of drug-likeness (QED) is 0.458. The van der Waals surface area contributed by atoms with E-state index in [0.29, 0.717) is 0 Å². The van der Waals surface area contributed by atoms with Crippen LogP contribution in [0.15, 0.2) is 66.9 Å². The zero-order valence-corrected chi connectivity index (χ0v) is 20.2. The average Bonchev–Trinajstić information content (AvgIpc) is 3.45. The van der Waals surface area contributed by atoms with Gasteiger partial charge in [0.15, 0.2) is 5.71 Å². The summed E-state index contributed by atoms with van der Waals surface area (Å²) in [4.78, 5) is 2.42. The molecule has 3 heteroatoms. The van der Waals surface area contributed by atoms with E-state index < -0.39 is 0 Å². The number of para-hydroxylation sites is 1. The summed E-state index contributed by atoms with van der Waals surface area (Å²) in [6.45, 7) is 7.18. The molecule has 2 heterocycles. The summed E-state index contributed by atoms with van der Waals surface area (Å²) < 4.78 is 8.22. The standard InChI is InChI=1S/C30H39N2O/c1-30(24-26-12-3-2-4-13-26)27-15-7-8-16-28(27)32(18-9-14-25-10-5-6-11-25)29(30)17-19-31-20-22-33-23-21-31/h2-4,7-8,12-13,15-17,19,25H,5-6,9-11,14,18,20-24H2,1H3/q+1. The van der Waals surface area contributed by atoms with Crippen LogP contribution in [0.3, 0.4) is 0 Å². The van der Waals surface area contributed by atoms with Crippen LogP contribution in [0.25, 0.3) is 0 Å². The van der Waals surface area contributed by atoms with Crippen molar-refractivity contribution in [2.75, 3.05) is 32.8 Å². The van der Waals surface area contributed by atoms with E-state index in [1.165, 1.54) is 61.1 Å². The Morgan fingerprint density at radius 3 is 2.52 bits per heavy atom. The Morgan fingerprint density at radius 2 is 1.73 bits per heavy atom. The highest BCUT2D eigenvalue weighted by atomic mass is 16.5. The lowest BCUT2D eigenvalue weighted by Gasteiger charge is -2.26. The molecule has 2 fully saturated rings. The van der Waals surface area contributed by atoms with Crippen LogP contribution >= 0.6 is 0 Å². The van der Waals surface area contributed by atoms with Crippen molar-refractivity contribution in [1.29, 1.82) is 0 Å². The third-order valence-electron chi connectivity index (χ3n) is 8.00. The second-order valence-electron chi connectivity index (χ2n) is 10.3. The van der Waals surface area contributed by atoms with Crippen molar-refractivity contribution in [3.63, 3.8) is 0 Å². The number of ether oxygens (including phenoxy) is 1. The molecule has 174 valence electrons. The minimum absolute atomic E-state index is 0.0336. The van der Waals surface area contributed by atoms with E-state index in [9.17, 15) is 0 Å². The van der Waals surface area contributed by atoms with Crippen LogP contribution < -0.4 is 0 Å². The summed E-state index contributed by atoms with van der Waals surface area (Å²) in [5.41, 5.74) is 5.69. The van der Waals surface area contributed by atoms with E-state index in [-0.39, 0.29) is 5.41 Å². The highest BCUT2D eigenvalue weighted by Gasteiger charge is 2.47. The van der Waals surface area contributed by atoms with Crippen LogP contribution in [0.2, 0.25) is 0 Å². The largest absolute Gasteiger partial charge is 0.378 e. The van der Waals surface area contributed by atoms with Gasteiger partial charge in [0.1, 0.15) is 6.54 Å². The number of rotatable bonds is 8. The topological polar surface area (TPSA) is 15.5 Å². The smallest absolute Gasteiger partial charge is 0.209 e. The first-order chi connectivity index (χ1) is 16.2. The Balaban J connectivity index is 1.48. The normalized spacial score (nSPS) is 23.6. The Bertz CT molecular complexity index is 983. The van der Waals surface area contributed by atoms with Gasteiger partial charge >= 0.3 is 0 Å². The molecule has 2 aliphatic heterocycles. The second kappa shape index (κ2) is 10.3. The molecule has 1 saturated heterocycles. The van der Waals surface area contributed by atoms with Gasteiger partial charge in [-0.1, -0.05) is 74.2 Å². The molecule has 0 spiro atoms. The predicted octanol–water partition coefficient (Wildman–Crippen LogP) is 6.10. The zero-order valence-electron chi connectivity index (χ0n) is 20.2. The number of hydrogen-bond donors (Lipinski definition) is 0. The molecule has 0 N–H and O–H groups in total. The SMILES string of the molecule is CC1(Cc2ccccc2)C(/C=C/N2CCOCC2)=[N+](CCCC2CCCC2)c2ccccc21. The molecular weight excluding hydrogens is 404 g/mol. The number of fused-ring (bicyclic) bond motifs is 1. The molecule has 1 atom stereocenters. The minimum Gasteiger partial charge on any atom is -0.378 e. The van der Waals surface area contributed by atoms with Gasteiger partial charge in [-0.25, -0.2) is 0 Å². The van der Waals surface area contributed by atoms with Crippen LogP contribution in [-0.2, 0) is 16.6 Å². The van der Waals surface area contributed by atoms with Gasteiger partial charge in [-0.15, -0.1) is 0 Å². The van der Waals surface area contributed by atoms with Gasteiger partial charge < -0.3 is 9.64 Å². The number of benzene rings is 2. The summed E-state index contributed by atoms with van der Waals surface area (Å²) in [5.74, 6) is 0.950. The molecule has 3 nitrogen and oxygen atoms in total. The van der Waals surface area contributed by atoms with Gasteiger partial charge in [0.2, 0.25) is 5.69 Å². The summed E-state index contributed by atoms with van der Waals surface area (Å²) in [6, 6.07) is 20.1. The maximum Gasteiger partial charge on any atom is 0.209 e. The van der Waals surface area contributed by atoms with Gasteiger partial charge in [0.05, 0.1) is 18.6 Å². The summed E-state index contributed by atoms with van der Waals surface area (Å²) >= 11 is 0. The molecule has 0 bridgehead atoms. The minimum atomic E-state index is -0.0336. The zero-order chi connectivity index (χ0) is 22.5.